The van der Waals surface area contributed by atoms with Gasteiger partial charge >= 0.3 is 0 Å². The van der Waals surface area contributed by atoms with Gasteiger partial charge in [0.25, 0.3) is 0 Å². The molecule has 1 aliphatic rings. The van der Waals surface area contributed by atoms with Crippen LogP contribution in [0.3, 0.4) is 0 Å². The molecule has 0 saturated heterocycles. The Kier molecular flexibility index (Phi) is 3.40. The zero-order valence-corrected chi connectivity index (χ0v) is 11.2. The van der Waals surface area contributed by atoms with Crippen molar-refractivity contribution in [3.05, 3.63) is 47.2 Å². The quantitative estimate of drug-likeness (QED) is 0.915. The average molecular weight is 254 g/mol. The summed E-state index contributed by atoms with van der Waals surface area (Å²) in [7, 11) is 0. The van der Waals surface area contributed by atoms with Gasteiger partial charge in [-0.15, -0.1) is 0 Å². The van der Waals surface area contributed by atoms with Crippen molar-refractivity contribution in [2.75, 3.05) is 5.32 Å². The van der Waals surface area contributed by atoms with E-state index in [1.54, 1.807) is 6.33 Å². The minimum atomic E-state index is 0.718. The molecule has 0 aliphatic heterocycles. The topological polar surface area (TPSA) is 50.7 Å². The van der Waals surface area contributed by atoms with Gasteiger partial charge < -0.3 is 5.32 Å². The molecule has 0 fully saturated rings. The molecule has 4 heteroatoms. The number of pyridine rings is 1. The smallest absolute Gasteiger partial charge is 0.133 e. The molecule has 0 bridgehead atoms. The molecular weight excluding hydrogens is 236 g/mol. The molecule has 19 heavy (non-hydrogen) atoms. The van der Waals surface area contributed by atoms with E-state index in [1.807, 2.05) is 12.3 Å². The summed E-state index contributed by atoms with van der Waals surface area (Å²) >= 11 is 0. The molecule has 0 atom stereocenters. The van der Waals surface area contributed by atoms with Crippen LogP contribution in [0, 0.1) is 6.92 Å². The highest BCUT2D eigenvalue weighted by Crippen LogP contribution is 2.24. The molecule has 0 unspecified atom stereocenters. The maximum Gasteiger partial charge on any atom is 0.133 e. The van der Waals surface area contributed by atoms with Gasteiger partial charge in [-0.3, -0.25) is 4.98 Å². The van der Waals surface area contributed by atoms with Gasteiger partial charge in [0.2, 0.25) is 0 Å². The van der Waals surface area contributed by atoms with Crippen LogP contribution in [-0.2, 0) is 19.4 Å². The van der Waals surface area contributed by atoms with E-state index in [1.165, 1.54) is 29.7 Å². The van der Waals surface area contributed by atoms with Crippen LogP contribution in [0.2, 0.25) is 0 Å². The van der Waals surface area contributed by atoms with Crippen molar-refractivity contribution in [2.24, 2.45) is 0 Å². The van der Waals surface area contributed by atoms with Crippen molar-refractivity contribution in [1.82, 2.24) is 15.0 Å². The number of hydrogen-bond acceptors (Lipinski definition) is 4. The van der Waals surface area contributed by atoms with Crippen LogP contribution in [0.5, 0.6) is 0 Å². The van der Waals surface area contributed by atoms with E-state index in [2.05, 4.69) is 33.3 Å². The van der Waals surface area contributed by atoms with Crippen molar-refractivity contribution in [3.8, 4) is 0 Å². The van der Waals surface area contributed by atoms with E-state index in [-0.39, 0.29) is 0 Å². The Bertz CT molecular complexity index is 580. The van der Waals surface area contributed by atoms with Crippen molar-refractivity contribution >= 4 is 5.82 Å². The summed E-state index contributed by atoms with van der Waals surface area (Å²) in [6.07, 6.45) is 8.13. The first-order valence-corrected chi connectivity index (χ1v) is 6.81. The van der Waals surface area contributed by atoms with Crippen molar-refractivity contribution in [3.63, 3.8) is 0 Å². The average Bonchev–Trinajstić information content (AvgIpc) is 2.46. The second-order valence-corrected chi connectivity index (χ2v) is 4.98. The van der Waals surface area contributed by atoms with Crippen LogP contribution in [0.15, 0.2) is 24.7 Å². The Morgan fingerprint density at radius 3 is 2.95 bits per heavy atom. The number of aryl methyl sites for hydroxylation is 2. The summed E-state index contributed by atoms with van der Waals surface area (Å²) < 4.78 is 0. The molecule has 0 amide bonds. The molecule has 0 radical (unpaired) electrons. The standard InChI is InChI=1S/C15H18N4/c1-11-5-4-8-16-14(11)9-17-15-12-6-2-3-7-13(12)18-10-19-15/h4-5,8,10H,2-3,6-7,9H2,1H3,(H,17,18,19). The first-order chi connectivity index (χ1) is 9.34. The summed E-state index contributed by atoms with van der Waals surface area (Å²) in [6.45, 7) is 2.80. The number of nitrogens with zero attached hydrogens (tertiary/aromatic N) is 3. The maximum absolute atomic E-state index is 4.40. The molecule has 0 saturated carbocycles. The molecule has 4 nitrogen and oxygen atoms in total. The van der Waals surface area contributed by atoms with Gasteiger partial charge in [0.05, 0.1) is 12.2 Å². The number of nitrogens with one attached hydrogen (secondary N) is 1. The molecule has 1 aliphatic carbocycles. The predicted octanol–water partition coefficient (Wildman–Crippen LogP) is 2.67. The zero-order valence-electron chi connectivity index (χ0n) is 11.2. The Hall–Kier alpha value is -1.97. The lowest BCUT2D eigenvalue weighted by atomic mass is 9.96. The predicted molar refractivity (Wildman–Crippen MR) is 75.0 cm³/mol. The fourth-order valence-electron chi connectivity index (χ4n) is 2.54. The Morgan fingerprint density at radius 2 is 2.05 bits per heavy atom. The highest BCUT2D eigenvalue weighted by atomic mass is 15.0. The highest BCUT2D eigenvalue weighted by molar-refractivity contribution is 5.47. The maximum atomic E-state index is 4.40. The van der Waals surface area contributed by atoms with Crippen LogP contribution in [0.25, 0.3) is 0 Å². The first kappa shape index (κ1) is 12.1. The van der Waals surface area contributed by atoms with Gasteiger partial charge in [-0.1, -0.05) is 6.07 Å². The number of anilines is 1. The molecule has 0 spiro atoms. The lowest BCUT2D eigenvalue weighted by molar-refractivity contribution is 0.663. The lowest BCUT2D eigenvalue weighted by Gasteiger charge is -2.18. The number of aromatic nitrogens is 3. The van der Waals surface area contributed by atoms with Crippen LogP contribution in [0.1, 0.15) is 35.4 Å². The third-order valence-corrected chi connectivity index (χ3v) is 3.67. The Morgan fingerprint density at radius 1 is 1.16 bits per heavy atom. The summed E-state index contributed by atoms with van der Waals surface area (Å²) in [5, 5.41) is 3.42. The second-order valence-electron chi connectivity index (χ2n) is 4.98. The van der Waals surface area contributed by atoms with E-state index in [9.17, 15) is 0 Å². The normalized spacial score (nSPS) is 13.9. The van der Waals surface area contributed by atoms with E-state index >= 15 is 0 Å². The molecule has 3 rings (SSSR count). The number of hydrogen-bond donors (Lipinski definition) is 1. The van der Waals surface area contributed by atoms with Gasteiger partial charge in [0.1, 0.15) is 12.1 Å². The third-order valence-electron chi connectivity index (χ3n) is 3.67. The monoisotopic (exact) mass is 254 g/mol. The third kappa shape index (κ3) is 2.57. The second kappa shape index (κ2) is 5.34. The summed E-state index contributed by atoms with van der Waals surface area (Å²) in [4.78, 5) is 13.2. The van der Waals surface area contributed by atoms with Gasteiger partial charge in [0, 0.05) is 17.5 Å². The molecule has 2 aromatic rings. The molecule has 0 aromatic carbocycles. The molecule has 98 valence electrons. The van der Waals surface area contributed by atoms with Crippen LogP contribution >= 0.6 is 0 Å². The van der Waals surface area contributed by atoms with Gasteiger partial charge in [-0.05, 0) is 44.2 Å². The van der Waals surface area contributed by atoms with Crippen molar-refractivity contribution in [2.45, 2.75) is 39.2 Å². The minimum Gasteiger partial charge on any atom is -0.364 e. The molecular formula is C15H18N4. The lowest BCUT2D eigenvalue weighted by Crippen LogP contribution is -2.12. The van der Waals surface area contributed by atoms with Crippen LogP contribution in [0.4, 0.5) is 5.82 Å². The van der Waals surface area contributed by atoms with Gasteiger partial charge in [-0.2, -0.15) is 0 Å². The van der Waals surface area contributed by atoms with Crippen LogP contribution < -0.4 is 5.32 Å². The molecule has 1 N–H and O–H groups in total. The number of rotatable bonds is 3. The van der Waals surface area contributed by atoms with Crippen LogP contribution in [-0.4, -0.2) is 15.0 Å². The molecule has 2 aromatic heterocycles. The summed E-state index contributed by atoms with van der Waals surface area (Å²) in [6, 6.07) is 4.05. The van der Waals surface area contributed by atoms with Crippen molar-refractivity contribution in [1.29, 1.82) is 0 Å². The summed E-state index contributed by atoms with van der Waals surface area (Å²) in [5.74, 6) is 0.981. The fourth-order valence-corrected chi connectivity index (χ4v) is 2.54. The SMILES string of the molecule is Cc1cccnc1CNc1ncnc2c1CCCC2. The van der Waals surface area contributed by atoms with E-state index < -0.39 is 0 Å². The van der Waals surface area contributed by atoms with Gasteiger partial charge in [-0.25, -0.2) is 9.97 Å². The first-order valence-electron chi connectivity index (χ1n) is 6.81. The highest BCUT2D eigenvalue weighted by Gasteiger charge is 2.15. The Labute approximate surface area is 113 Å². The van der Waals surface area contributed by atoms with Gasteiger partial charge in [0.15, 0.2) is 0 Å². The van der Waals surface area contributed by atoms with E-state index in [0.29, 0.717) is 0 Å². The van der Waals surface area contributed by atoms with Crippen molar-refractivity contribution < 1.29 is 0 Å². The number of fused-ring (bicyclic) bond motifs is 1. The summed E-state index contributed by atoms with van der Waals surface area (Å²) in [5.41, 5.74) is 4.78. The van der Waals surface area contributed by atoms with E-state index in [0.717, 1.165) is 30.9 Å². The molecule has 2 heterocycles. The fraction of sp³-hybridized carbons (Fsp3) is 0.400. The Balaban J connectivity index is 1.79. The van der Waals surface area contributed by atoms with E-state index in [4.69, 9.17) is 0 Å². The zero-order chi connectivity index (χ0) is 13.1. The minimum absolute atomic E-state index is 0.718. The largest absolute Gasteiger partial charge is 0.364 e.